The number of rotatable bonds is 4. The Morgan fingerprint density at radius 2 is 2.21 bits per heavy atom. The first-order valence-electron chi connectivity index (χ1n) is 4.45. The lowest BCUT2D eigenvalue weighted by Gasteiger charge is -2.16. The van der Waals surface area contributed by atoms with Crippen molar-refractivity contribution < 1.29 is 14.7 Å². The quantitative estimate of drug-likeness (QED) is 0.270. The van der Waals surface area contributed by atoms with E-state index in [1.165, 1.54) is 0 Å². The highest BCUT2D eigenvalue weighted by Crippen LogP contribution is 1.94. The fourth-order valence-electron chi connectivity index (χ4n) is 0.845. The predicted octanol–water partition coefficient (Wildman–Crippen LogP) is 0.646. The van der Waals surface area contributed by atoms with Gasteiger partial charge in [-0.2, -0.15) is 0 Å². The number of nitrogens with zero attached hydrogens (tertiary/aromatic N) is 1. The van der Waals surface area contributed by atoms with Crippen molar-refractivity contribution in [2.24, 2.45) is 10.9 Å². The molecular weight excluding hydrogens is 186 g/mol. The van der Waals surface area contributed by atoms with Crippen LogP contribution in [0.15, 0.2) is 5.16 Å². The van der Waals surface area contributed by atoms with Crippen molar-refractivity contribution in [1.29, 1.82) is 0 Å². The molecule has 0 aliphatic rings. The van der Waals surface area contributed by atoms with Gasteiger partial charge in [-0.05, 0) is 20.3 Å². The molecule has 1 atom stereocenters. The summed E-state index contributed by atoms with van der Waals surface area (Å²) in [5.74, 6) is -0.0341. The molecule has 0 rings (SSSR count). The molecule has 0 bridgehead atoms. The second-order valence-electron chi connectivity index (χ2n) is 3.08. The molecule has 0 aliphatic carbocycles. The smallest absolute Gasteiger partial charge is 0.407 e. The monoisotopic (exact) mass is 203 g/mol. The molecule has 0 aromatic rings. The van der Waals surface area contributed by atoms with Gasteiger partial charge in [-0.3, -0.25) is 0 Å². The molecule has 0 fully saturated rings. The van der Waals surface area contributed by atoms with Gasteiger partial charge in [0.1, 0.15) is 0 Å². The molecule has 4 N–H and O–H groups in total. The van der Waals surface area contributed by atoms with Gasteiger partial charge in [-0.25, -0.2) is 4.79 Å². The maximum absolute atomic E-state index is 11.1. The average Bonchev–Trinajstić information content (AvgIpc) is 2.11. The highest BCUT2D eigenvalue weighted by molar-refractivity contribution is 5.88. The number of alkyl carbamates (subject to hydrolysis) is 1. The number of carbonyl (C=O) groups excluding carboxylic acids is 1. The summed E-state index contributed by atoms with van der Waals surface area (Å²) in [6, 6.07) is -0.494. The fraction of sp³-hybridized carbons (Fsp3) is 0.750. The van der Waals surface area contributed by atoms with E-state index >= 15 is 0 Å². The summed E-state index contributed by atoms with van der Waals surface area (Å²) in [6.45, 7) is 5.28. The van der Waals surface area contributed by atoms with Gasteiger partial charge in [-0.15, -0.1) is 0 Å². The first-order chi connectivity index (χ1) is 6.51. The second-order valence-corrected chi connectivity index (χ2v) is 3.08. The molecule has 6 heteroatoms. The molecule has 0 heterocycles. The van der Waals surface area contributed by atoms with Crippen molar-refractivity contribution >= 4 is 11.9 Å². The van der Waals surface area contributed by atoms with Crippen molar-refractivity contribution in [1.82, 2.24) is 5.32 Å². The Bertz CT molecular complexity index is 216. The number of amides is 1. The van der Waals surface area contributed by atoms with Crippen molar-refractivity contribution in [2.75, 3.05) is 0 Å². The number of oxime groups is 1. The molecular formula is C8H17N3O3. The molecule has 82 valence electrons. The lowest BCUT2D eigenvalue weighted by atomic mass is 10.2. The normalized spacial score (nSPS) is 13.9. The minimum Gasteiger partial charge on any atom is -0.447 e. The SMILES string of the molecule is CCC(NC(=O)OC(C)C)C(N)=NO. The van der Waals surface area contributed by atoms with E-state index in [0.717, 1.165) is 0 Å². The molecule has 0 aliphatic heterocycles. The van der Waals surface area contributed by atoms with Crippen LogP contribution in [-0.4, -0.2) is 29.3 Å². The van der Waals surface area contributed by atoms with Crippen molar-refractivity contribution in [3.05, 3.63) is 0 Å². The molecule has 6 nitrogen and oxygen atoms in total. The van der Waals surface area contributed by atoms with Crippen LogP contribution < -0.4 is 11.1 Å². The summed E-state index contributed by atoms with van der Waals surface area (Å²) < 4.78 is 4.83. The van der Waals surface area contributed by atoms with E-state index < -0.39 is 12.1 Å². The minimum absolute atomic E-state index is 0.0341. The number of ether oxygens (including phenoxy) is 1. The van der Waals surface area contributed by atoms with Crippen LogP contribution in [-0.2, 0) is 4.74 Å². The standard InChI is InChI=1S/C8H17N3O3/c1-4-6(7(9)11-13)10-8(12)14-5(2)3/h5-6,13H,4H2,1-3H3,(H2,9,11)(H,10,12). The van der Waals surface area contributed by atoms with Gasteiger partial charge < -0.3 is 21.0 Å². The number of amidine groups is 1. The first kappa shape index (κ1) is 12.5. The largest absolute Gasteiger partial charge is 0.447 e. The van der Waals surface area contributed by atoms with Gasteiger partial charge >= 0.3 is 6.09 Å². The van der Waals surface area contributed by atoms with E-state index in [-0.39, 0.29) is 11.9 Å². The van der Waals surface area contributed by atoms with Crippen molar-refractivity contribution in [2.45, 2.75) is 39.3 Å². The molecule has 0 aromatic heterocycles. The van der Waals surface area contributed by atoms with Crippen LogP contribution in [0.25, 0.3) is 0 Å². The summed E-state index contributed by atoms with van der Waals surface area (Å²) in [6.07, 6.45) is -0.235. The van der Waals surface area contributed by atoms with Crippen molar-refractivity contribution in [3.63, 3.8) is 0 Å². The van der Waals surface area contributed by atoms with Crippen LogP contribution in [0, 0.1) is 0 Å². The third-order valence-electron chi connectivity index (χ3n) is 1.52. The van der Waals surface area contributed by atoms with E-state index in [4.69, 9.17) is 15.7 Å². The van der Waals surface area contributed by atoms with Gasteiger partial charge in [0.05, 0.1) is 12.1 Å². The van der Waals surface area contributed by atoms with E-state index in [0.29, 0.717) is 6.42 Å². The Morgan fingerprint density at radius 1 is 1.64 bits per heavy atom. The molecule has 0 saturated heterocycles. The van der Waals surface area contributed by atoms with Crippen LogP contribution in [0.2, 0.25) is 0 Å². The van der Waals surface area contributed by atoms with E-state index in [1.807, 2.05) is 0 Å². The predicted molar refractivity (Wildman–Crippen MR) is 52.2 cm³/mol. The molecule has 1 amide bonds. The lowest BCUT2D eigenvalue weighted by molar-refractivity contribution is 0.114. The van der Waals surface area contributed by atoms with Crippen LogP contribution in [0.1, 0.15) is 27.2 Å². The highest BCUT2D eigenvalue weighted by Gasteiger charge is 2.15. The van der Waals surface area contributed by atoms with E-state index in [2.05, 4.69) is 10.5 Å². The number of hydrogen-bond acceptors (Lipinski definition) is 4. The molecule has 14 heavy (non-hydrogen) atoms. The lowest BCUT2D eigenvalue weighted by Crippen LogP contribution is -2.44. The van der Waals surface area contributed by atoms with Crippen LogP contribution >= 0.6 is 0 Å². The van der Waals surface area contributed by atoms with Crippen LogP contribution in [0.5, 0.6) is 0 Å². The van der Waals surface area contributed by atoms with Crippen LogP contribution in [0.4, 0.5) is 4.79 Å². The van der Waals surface area contributed by atoms with Gasteiger partial charge in [0, 0.05) is 0 Å². The van der Waals surface area contributed by atoms with Gasteiger partial charge in [0.15, 0.2) is 5.84 Å². The Kier molecular flexibility index (Phi) is 5.43. The molecule has 0 spiro atoms. The third kappa shape index (κ3) is 4.54. The summed E-state index contributed by atoms with van der Waals surface area (Å²) in [5, 5.41) is 13.7. The Morgan fingerprint density at radius 3 is 2.57 bits per heavy atom. The zero-order valence-electron chi connectivity index (χ0n) is 8.65. The second kappa shape index (κ2) is 6.06. The summed E-state index contributed by atoms with van der Waals surface area (Å²) >= 11 is 0. The number of nitrogens with one attached hydrogen (secondary N) is 1. The van der Waals surface area contributed by atoms with Gasteiger partial charge in [0.25, 0.3) is 0 Å². The third-order valence-corrected chi connectivity index (χ3v) is 1.52. The Labute approximate surface area is 83.1 Å². The number of hydrogen-bond donors (Lipinski definition) is 3. The van der Waals surface area contributed by atoms with Crippen molar-refractivity contribution in [3.8, 4) is 0 Å². The first-order valence-corrected chi connectivity index (χ1v) is 4.45. The van der Waals surface area contributed by atoms with Crippen LogP contribution in [0.3, 0.4) is 0 Å². The fourth-order valence-corrected chi connectivity index (χ4v) is 0.845. The average molecular weight is 203 g/mol. The zero-order valence-corrected chi connectivity index (χ0v) is 8.65. The minimum atomic E-state index is -0.571. The topological polar surface area (TPSA) is 96.9 Å². The molecule has 0 aromatic carbocycles. The molecule has 0 saturated carbocycles. The summed E-state index contributed by atoms with van der Waals surface area (Å²) in [5.41, 5.74) is 5.34. The summed E-state index contributed by atoms with van der Waals surface area (Å²) in [7, 11) is 0. The Balaban J connectivity index is 4.12. The van der Waals surface area contributed by atoms with Gasteiger partial charge in [0.2, 0.25) is 0 Å². The molecule has 1 unspecified atom stereocenters. The zero-order chi connectivity index (χ0) is 11.1. The van der Waals surface area contributed by atoms with Gasteiger partial charge in [-0.1, -0.05) is 12.1 Å². The molecule has 0 radical (unpaired) electrons. The van der Waals surface area contributed by atoms with E-state index in [1.54, 1.807) is 20.8 Å². The maximum atomic E-state index is 11.1. The number of nitrogens with two attached hydrogens (primary N) is 1. The highest BCUT2D eigenvalue weighted by atomic mass is 16.6. The maximum Gasteiger partial charge on any atom is 0.407 e. The Hall–Kier alpha value is -1.46. The van der Waals surface area contributed by atoms with E-state index in [9.17, 15) is 4.79 Å². The summed E-state index contributed by atoms with van der Waals surface area (Å²) in [4.78, 5) is 11.1. The number of carbonyl (C=O) groups is 1.